The van der Waals surface area contributed by atoms with E-state index in [9.17, 15) is 4.79 Å². The molecule has 0 rings (SSSR count). The van der Waals surface area contributed by atoms with Crippen LogP contribution in [0.3, 0.4) is 0 Å². The fourth-order valence-corrected chi connectivity index (χ4v) is 1.56. The molecule has 0 radical (unpaired) electrons. The van der Waals surface area contributed by atoms with Gasteiger partial charge in [-0.3, -0.25) is 4.79 Å². The molecule has 0 fully saturated rings. The van der Waals surface area contributed by atoms with Crippen LogP contribution >= 0.6 is 0 Å². The highest BCUT2D eigenvalue weighted by Gasteiger charge is 2.11. The first-order valence-electron chi connectivity index (χ1n) is 6.75. The molecule has 0 aromatic heterocycles. The summed E-state index contributed by atoms with van der Waals surface area (Å²) in [7, 11) is 1.83. The quantitative estimate of drug-likeness (QED) is 0.481. The third kappa shape index (κ3) is 8.25. The minimum Gasteiger partial charge on any atom is -0.396 e. The first kappa shape index (κ1) is 17.1. The van der Waals surface area contributed by atoms with Gasteiger partial charge in [-0.2, -0.15) is 0 Å². The maximum atomic E-state index is 11.7. The molecule has 0 heterocycles. The summed E-state index contributed by atoms with van der Waals surface area (Å²) in [5.74, 6) is 0.0231. The summed E-state index contributed by atoms with van der Waals surface area (Å²) in [4.78, 5) is 13.5. The van der Waals surface area contributed by atoms with E-state index < -0.39 is 0 Å². The SMILES string of the molecule is CCCC(C)N(C)C(=O)/C=C/COCCCCO. The minimum absolute atomic E-state index is 0.0231. The van der Waals surface area contributed by atoms with Gasteiger partial charge < -0.3 is 14.7 Å². The van der Waals surface area contributed by atoms with E-state index in [1.54, 1.807) is 17.1 Å². The van der Waals surface area contributed by atoms with Crippen LogP contribution in [-0.2, 0) is 9.53 Å². The zero-order chi connectivity index (χ0) is 13.8. The van der Waals surface area contributed by atoms with Gasteiger partial charge in [-0.15, -0.1) is 0 Å². The van der Waals surface area contributed by atoms with Gasteiger partial charge in [0.15, 0.2) is 0 Å². The molecule has 0 aliphatic carbocycles. The van der Waals surface area contributed by atoms with Crippen molar-refractivity contribution in [1.82, 2.24) is 4.90 Å². The maximum Gasteiger partial charge on any atom is 0.246 e. The Hall–Kier alpha value is -0.870. The highest BCUT2D eigenvalue weighted by molar-refractivity contribution is 5.87. The Morgan fingerprint density at radius 3 is 2.78 bits per heavy atom. The summed E-state index contributed by atoms with van der Waals surface area (Å²) in [5, 5.41) is 8.58. The van der Waals surface area contributed by atoms with Gasteiger partial charge in [-0.1, -0.05) is 19.4 Å². The number of ether oxygens (including phenoxy) is 1. The Bertz CT molecular complexity index is 241. The molecule has 0 aromatic rings. The summed E-state index contributed by atoms with van der Waals surface area (Å²) in [5.41, 5.74) is 0. The second-order valence-electron chi connectivity index (χ2n) is 4.49. The number of unbranched alkanes of at least 4 members (excludes halogenated alkanes) is 1. The standard InChI is InChI=1S/C14H27NO3/c1-4-8-13(2)15(3)14(17)9-7-12-18-11-6-5-10-16/h7,9,13,16H,4-6,8,10-12H2,1-3H3/b9-7+. The maximum absolute atomic E-state index is 11.7. The molecule has 1 N–H and O–H groups in total. The van der Waals surface area contributed by atoms with Gasteiger partial charge in [0, 0.05) is 32.4 Å². The number of hydrogen-bond donors (Lipinski definition) is 1. The van der Waals surface area contributed by atoms with Crippen LogP contribution in [0.4, 0.5) is 0 Å². The number of amides is 1. The summed E-state index contributed by atoms with van der Waals surface area (Å²) >= 11 is 0. The monoisotopic (exact) mass is 257 g/mol. The molecule has 0 spiro atoms. The number of likely N-dealkylation sites (N-methyl/N-ethyl adjacent to an activating group) is 1. The first-order valence-corrected chi connectivity index (χ1v) is 6.75. The minimum atomic E-state index is 0.0231. The van der Waals surface area contributed by atoms with Gasteiger partial charge in [0.1, 0.15) is 0 Å². The van der Waals surface area contributed by atoms with Crippen LogP contribution in [0.15, 0.2) is 12.2 Å². The number of carbonyl (C=O) groups is 1. The molecular weight excluding hydrogens is 230 g/mol. The number of hydrogen-bond acceptors (Lipinski definition) is 3. The molecule has 0 aromatic carbocycles. The highest BCUT2D eigenvalue weighted by atomic mass is 16.5. The Morgan fingerprint density at radius 1 is 1.44 bits per heavy atom. The molecule has 4 heteroatoms. The first-order chi connectivity index (χ1) is 8.63. The van der Waals surface area contributed by atoms with Crippen molar-refractivity contribution in [2.45, 2.75) is 45.6 Å². The molecule has 106 valence electrons. The predicted molar refractivity (Wildman–Crippen MR) is 73.4 cm³/mol. The van der Waals surface area contributed by atoms with Crippen LogP contribution in [0.1, 0.15) is 39.5 Å². The number of aliphatic hydroxyl groups is 1. The summed E-state index contributed by atoms with van der Waals surface area (Å²) in [6.07, 6.45) is 7.03. The normalized spacial score (nSPS) is 12.9. The lowest BCUT2D eigenvalue weighted by atomic mass is 10.2. The van der Waals surface area contributed by atoms with Crippen LogP contribution in [0.5, 0.6) is 0 Å². The summed E-state index contributed by atoms with van der Waals surface area (Å²) < 4.78 is 5.31. The molecule has 0 saturated heterocycles. The van der Waals surface area contributed by atoms with E-state index in [0.717, 1.165) is 25.7 Å². The van der Waals surface area contributed by atoms with Crippen LogP contribution in [0, 0.1) is 0 Å². The van der Waals surface area contributed by atoms with Gasteiger partial charge in [0.2, 0.25) is 5.91 Å². The molecule has 1 amide bonds. The van der Waals surface area contributed by atoms with Crippen LogP contribution in [-0.4, -0.2) is 48.8 Å². The van der Waals surface area contributed by atoms with E-state index in [2.05, 4.69) is 13.8 Å². The number of aliphatic hydroxyl groups excluding tert-OH is 1. The molecule has 0 bridgehead atoms. The molecule has 0 aliphatic heterocycles. The Kier molecular flexibility index (Phi) is 10.7. The Labute approximate surface area is 111 Å². The van der Waals surface area contributed by atoms with Crippen LogP contribution in [0.25, 0.3) is 0 Å². The van der Waals surface area contributed by atoms with Gasteiger partial charge >= 0.3 is 0 Å². The number of nitrogens with zero attached hydrogens (tertiary/aromatic N) is 1. The zero-order valence-electron chi connectivity index (χ0n) is 11.9. The molecular formula is C14H27NO3. The second kappa shape index (κ2) is 11.2. The molecule has 0 aliphatic rings. The van der Waals surface area contributed by atoms with Crippen molar-refractivity contribution in [1.29, 1.82) is 0 Å². The topological polar surface area (TPSA) is 49.8 Å². The summed E-state index contributed by atoms with van der Waals surface area (Å²) in [6.45, 7) is 5.46. The van der Waals surface area contributed by atoms with E-state index in [4.69, 9.17) is 9.84 Å². The Morgan fingerprint density at radius 2 is 2.17 bits per heavy atom. The smallest absolute Gasteiger partial charge is 0.246 e. The fraction of sp³-hybridized carbons (Fsp3) is 0.786. The van der Waals surface area contributed by atoms with Gasteiger partial charge in [0.25, 0.3) is 0 Å². The lowest BCUT2D eigenvalue weighted by Gasteiger charge is -2.23. The summed E-state index contributed by atoms with van der Waals surface area (Å²) in [6, 6.07) is 0.276. The van der Waals surface area contributed by atoms with Gasteiger partial charge in [-0.25, -0.2) is 0 Å². The number of rotatable bonds is 10. The van der Waals surface area contributed by atoms with E-state index in [1.165, 1.54) is 0 Å². The lowest BCUT2D eigenvalue weighted by molar-refractivity contribution is -0.126. The lowest BCUT2D eigenvalue weighted by Crippen LogP contribution is -2.33. The van der Waals surface area contributed by atoms with E-state index in [0.29, 0.717) is 13.2 Å². The highest BCUT2D eigenvalue weighted by Crippen LogP contribution is 2.04. The molecule has 18 heavy (non-hydrogen) atoms. The molecule has 0 saturated carbocycles. The Balaban J connectivity index is 3.72. The van der Waals surface area contributed by atoms with Crippen molar-refractivity contribution >= 4 is 5.91 Å². The van der Waals surface area contributed by atoms with E-state index >= 15 is 0 Å². The third-order valence-electron chi connectivity index (χ3n) is 2.89. The van der Waals surface area contributed by atoms with Crippen LogP contribution in [0.2, 0.25) is 0 Å². The average Bonchev–Trinajstić information content (AvgIpc) is 2.36. The van der Waals surface area contributed by atoms with E-state index in [1.807, 2.05) is 7.05 Å². The van der Waals surface area contributed by atoms with Crippen molar-refractivity contribution < 1.29 is 14.6 Å². The van der Waals surface area contributed by atoms with Gasteiger partial charge in [0.05, 0.1) is 6.61 Å². The zero-order valence-corrected chi connectivity index (χ0v) is 11.9. The second-order valence-corrected chi connectivity index (χ2v) is 4.49. The van der Waals surface area contributed by atoms with Gasteiger partial charge in [-0.05, 0) is 26.2 Å². The van der Waals surface area contributed by atoms with Crippen molar-refractivity contribution in [3.63, 3.8) is 0 Å². The average molecular weight is 257 g/mol. The van der Waals surface area contributed by atoms with Crippen molar-refractivity contribution in [2.75, 3.05) is 26.9 Å². The van der Waals surface area contributed by atoms with E-state index in [-0.39, 0.29) is 18.6 Å². The molecule has 1 atom stereocenters. The third-order valence-corrected chi connectivity index (χ3v) is 2.89. The fourth-order valence-electron chi connectivity index (χ4n) is 1.56. The van der Waals surface area contributed by atoms with Crippen molar-refractivity contribution in [3.8, 4) is 0 Å². The molecule has 1 unspecified atom stereocenters. The largest absolute Gasteiger partial charge is 0.396 e. The molecule has 4 nitrogen and oxygen atoms in total. The van der Waals surface area contributed by atoms with Crippen LogP contribution < -0.4 is 0 Å². The van der Waals surface area contributed by atoms with Crippen molar-refractivity contribution in [2.24, 2.45) is 0 Å². The predicted octanol–water partition coefficient (Wildman–Crippen LogP) is 1.98. The van der Waals surface area contributed by atoms with Crippen molar-refractivity contribution in [3.05, 3.63) is 12.2 Å². The number of carbonyl (C=O) groups excluding carboxylic acids is 1.